The van der Waals surface area contributed by atoms with Gasteiger partial charge < -0.3 is 19.3 Å². The van der Waals surface area contributed by atoms with Gasteiger partial charge in [-0.15, -0.1) is 0 Å². The summed E-state index contributed by atoms with van der Waals surface area (Å²) in [6.07, 6.45) is -0.334. The fraction of sp³-hybridized carbons (Fsp3) is 0.500. The van der Waals surface area contributed by atoms with Crippen molar-refractivity contribution < 1.29 is 33.7 Å². The number of ketones is 1. The predicted octanol–water partition coefficient (Wildman–Crippen LogP) is 1.08. The number of hydrogen-bond acceptors (Lipinski definition) is 7. The third-order valence-corrected chi connectivity index (χ3v) is 4.68. The molecule has 1 N–H and O–H groups in total. The second-order valence-corrected chi connectivity index (χ2v) is 6.30. The SMILES string of the molecule is COC(=O)[C@H]1C(=O)C[C@@](C)(O)[C@H](C(=O)OC)[C@H]1c1ccc(OC)cc1. The Labute approximate surface area is 145 Å². The van der Waals surface area contributed by atoms with Crippen molar-refractivity contribution in [3.8, 4) is 5.75 Å². The minimum atomic E-state index is -1.64. The fourth-order valence-electron chi connectivity index (χ4n) is 3.50. The van der Waals surface area contributed by atoms with Crippen molar-refractivity contribution in [3.05, 3.63) is 29.8 Å². The molecule has 0 bridgehead atoms. The van der Waals surface area contributed by atoms with Crippen LogP contribution in [-0.4, -0.2) is 49.8 Å². The van der Waals surface area contributed by atoms with E-state index in [4.69, 9.17) is 14.2 Å². The first-order valence-corrected chi connectivity index (χ1v) is 7.81. The Morgan fingerprint density at radius 2 is 1.64 bits per heavy atom. The minimum Gasteiger partial charge on any atom is -0.497 e. The van der Waals surface area contributed by atoms with E-state index in [-0.39, 0.29) is 6.42 Å². The molecule has 4 atom stereocenters. The molecular weight excluding hydrogens is 328 g/mol. The molecule has 1 saturated carbocycles. The molecule has 0 aliphatic heterocycles. The maximum absolute atomic E-state index is 12.5. The van der Waals surface area contributed by atoms with Gasteiger partial charge in [-0.2, -0.15) is 0 Å². The summed E-state index contributed by atoms with van der Waals surface area (Å²) in [6.45, 7) is 1.40. The number of rotatable bonds is 4. The maximum Gasteiger partial charge on any atom is 0.316 e. The average Bonchev–Trinajstić information content (AvgIpc) is 2.59. The molecule has 0 radical (unpaired) electrons. The number of carbonyl (C=O) groups excluding carboxylic acids is 3. The van der Waals surface area contributed by atoms with E-state index in [0.29, 0.717) is 11.3 Å². The third-order valence-electron chi connectivity index (χ3n) is 4.68. The van der Waals surface area contributed by atoms with E-state index >= 15 is 0 Å². The van der Waals surface area contributed by atoms with Gasteiger partial charge in [0, 0.05) is 12.3 Å². The molecule has 0 spiro atoms. The summed E-state index contributed by atoms with van der Waals surface area (Å²) in [4.78, 5) is 37.2. The van der Waals surface area contributed by atoms with E-state index < -0.39 is 41.1 Å². The standard InChI is InChI=1S/C18H22O7/c1-18(22)9-12(19)14(16(20)24-3)13(15(18)17(21)25-4)10-5-7-11(23-2)8-6-10/h5-8,13-15,22H,9H2,1-4H3/t13-,14-,15-,18+/m0/s1. The van der Waals surface area contributed by atoms with E-state index in [1.165, 1.54) is 28.3 Å². The van der Waals surface area contributed by atoms with Crippen molar-refractivity contribution in [1.82, 2.24) is 0 Å². The van der Waals surface area contributed by atoms with Crippen LogP contribution in [0.3, 0.4) is 0 Å². The van der Waals surface area contributed by atoms with Crippen LogP contribution in [0.2, 0.25) is 0 Å². The largest absolute Gasteiger partial charge is 0.497 e. The van der Waals surface area contributed by atoms with Crippen molar-refractivity contribution >= 4 is 17.7 Å². The first kappa shape index (κ1) is 18.9. The molecule has 2 rings (SSSR count). The zero-order chi connectivity index (χ0) is 18.8. The lowest BCUT2D eigenvalue weighted by molar-refractivity contribution is -0.170. The van der Waals surface area contributed by atoms with E-state index in [1.807, 2.05) is 0 Å². The van der Waals surface area contributed by atoms with Gasteiger partial charge in [0.1, 0.15) is 11.7 Å². The summed E-state index contributed by atoms with van der Waals surface area (Å²) >= 11 is 0. The van der Waals surface area contributed by atoms with Crippen molar-refractivity contribution in [2.24, 2.45) is 11.8 Å². The quantitative estimate of drug-likeness (QED) is 0.641. The molecule has 1 aromatic rings. The fourth-order valence-corrected chi connectivity index (χ4v) is 3.50. The Hall–Kier alpha value is -2.41. The minimum absolute atomic E-state index is 0.334. The van der Waals surface area contributed by atoms with Gasteiger partial charge in [0.2, 0.25) is 0 Å². The lowest BCUT2D eigenvalue weighted by Crippen LogP contribution is -2.55. The van der Waals surface area contributed by atoms with Gasteiger partial charge in [-0.05, 0) is 24.6 Å². The molecule has 1 aliphatic carbocycles. The molecule has 0 aromatic heterocycles. The number of aliphatic hydroxyl groups is 1. The molecule has 136 valence electrons. The van der Waals surface area contributed by atoms with Crippen LogP contribution in [0.25, 0.3) is 0 Å². The van der Waals surface area contributed by atoms with E-state index in [2.05, 4.69) is 0 Å². The zero-order valence-electron chi connectivity index (χ0n) is 14.6. The normalized spacial score (nSPS) is 29.0. The van der Waals surface area contributed by atoms with Crippen molar-refractivity contribution in [3.63, 3.8) is 0 Å². The Morgan fingerprint density at radius 1 is 1.08 bits per heavy atom. The number of esters is 2. The summed E-state index contributed by atoms with van der Waals surface area (Å²) in [6, 6.07) is 6.63. The van der Waals surface area contributed by atoms with E-state index in [9.17, 15) is 19.5 Å². The molecule has 7 nitrogen and oxygen atoms in total. The zero-order valence-corrected chi connectivity index (χ0v) is 14.6. The lowest BCUT2D eigenvalue weighted by atomic mass is 9.62. The highest BCUT2D eigenvalue weighted by atomic mass is 16.5. The monoisotopic (exact) mass is 350 g/mol. The summed E-state index contributed by atoms with van der Waals surface area (Å²) in [7, 11) is 3.89. The Balaban J connectivity index is 2.61. The van der Waals surface area contributed by atoms with Crippen LogP contribution in [0.1, 0.15) is 24.8 Å². The first-order valence-electron chi connectivity index (χ1n) is 7.81. The number of ether oxygens (including phenoxy) is 3. The number of benzene rings is 1. The van der Waals surface area contributed by atoms with Crippen LogP contribution in [0, 0.1) is 11.8 Å². The Morgan fingerprint density at radius 3 is 2.12 bits per heavy atom. The smallest absolute Gasteiger partial charge is 0.316 e. The second kappa shape index (κ2) is 7.23. The van der Waals surface area contributed by atoms with Gasteiger partial charge in [-0.25, -0.2) is 0 Å². The summed E-state index contributed by atoms with van der Waals surface area (Å²) in [5.74, 6) is -4.50. The molecular formula is C18H22O7. The average molecular weight is 350 g/mol. The van der Waals surface area contributed by atoms with E-state index in [0.717, 1.165) is 0 Å². The molecule has 1 fully saturated rings. The van der Waals surface area contributed by atoms with Gasteiger partial charge in [0.25, 0.3) is 0 Å². The number of methoxy groups -OCH3 is 3. The van der Waals surface area contributed by atoms with E-state index in [1.54, 1.807) is 24.3 Å². The molecule has 1 aromatic carbocycles. The molecule has 0 saturated heterocycles. The van der Waals surface area contributed by atoms with Gasteiger partial charge in [0.15, 0.2) is 5.78 Å². The van der Waals surface area contributed by atoms with Crippen LogP contribution >= 0.6 is 0 Å². The summed E-state index contributed by atoms with van der Waals surface area (Å²) in [5, 5.41) is 10.7. The number of carbonyl (C=O) groups is 3. The number of Topliss-reactive ketones (excluding diaryl/α,β-unsaturated/α-hetero) is 1. The van der Waals surface area contributed by atoms with Crippen LogP contribution < -0.4 is 4.74 Å². The van der Waals surface area contributed by atoms with Crippen molar-refractivity contribution in [2.75, 3.05) is 21.3 Å². The lowest BCUT2D eigenvalue weighted by Gasteiger charge is -2.43. The van der Waals surface area contributed by atoms with Crippen molar-refractivity contribution in [1.29, 1.82) is 0 Å². The van der Waals surface area contributed by atoms with Gasteiger partial charge in [-0.1, -0.05) is 12.1 Å². The van der Waals surface area contributed by atoms with Gasteiger partial charge >= 0.3 is 11.9 Å². The Bertz CT molecular complexity index is 663. The predicted molar refractivity (Wildman–Crippen MR) is 87.0 cm³/mol. The molecule has 0 heterocycles. The third kappa shape index (κ3) is 3.51. The topological polar surface area (TPSA) is 99.1 Å². The molecule has 25 heavy (non-hydrogen) atoms. The highest BCUT2D eigenvalue weighted by Crippen LogP contribution is 2.46. The van der Waals surface area contributed by atoms with Crippen LogP contribution in [-0.2, 0) is 23.9 Å². The highest BCUT2D eigenvalue weighted by molar-refractivity contribution is 6.02. The molecule has 0 amide bonds. The first-order chi connectivity index (χ1) is 11.8. The van der Waals surface area contributed by atoms with Gasteiger partial charge in [0.05, 0.1) is 32.8 Å². The van der Waals surface area contributed by atoms with Crippen LogP contribution in [0.15, 0.2) is 24.3 Å². The highest BCUT2D eigenvalue weighted by Gasteiger charge is 2.56. The molecule has 0 unspecified atom stereocenters. The van der Waals surface area contributed by atoms with Crippen LogP contribution in [0.5, 0.6) is 5.75 Å². The molecule has 7 heteroatoms. The summed E-state index contributed by atoms with van der Waals surface area (Å²) in [5.41, 5.74) is -1.10. The summed E-state index contributed by atoms with van der Waals surface area (Å²) < 4.78 is 14.7. The van der Waals surface area contributed by atoms with Gasteiger partial charge in [-0.3, -0.25) is 14.4 Å². The number of hydrogen-bond donors (Lipinski definition) is 1. The Kier molecular flexibility index (Phi) is 5.47. The maximum atomic E-state index is 12.5. The molecule has 1 aliphatic rings. The van der Waals surface area contributed by atoms with Crippen molar-refractivity contribution in [2.45, 2.75) is 24.9 Å². The van der Waals surface area contributed by atoms with Crippen LogP contribution in [0.4, 0.5) is 0 Å². The second-order valence-electron chi connectivity index (χ2n) is 6.30.